The van der Waals surface area contributed by atoms with Gasteiger partial charge in [-0.25, -0.2) is 0 Å². The summed E-state index contributed by atoms with van der Waals surface area (Å²) in [5.74, 6) is 0.0533. The van der Waals surface area contributed by atoms with Gasteiger partial charge in [0.05, 0.1) is 6.42 Å². The van der Waals surface area contributed by atoms with E-state index in [9.17, 15) is 9.59 Å². The molecule has 2 amide bonds. The van der Waals surface area contributed by atoms with Gasteiger partial charge in [0.2, 0.25) is 5.91 Å². The topological polar surface area (TPSA) is 108 Å². The normalized spacial score (nSPS) is 10.8. The number of rotatable bonds is 6. The smallest absolute Gasteiger partial charge is 0.258 e. The number of carbonyl (C=O) groups is 2. The average Bonchev–Trinajstić information content (AvgIpc) is 3.19. The van der Waals surface area contributed by atoms with Crippen molar-refractivity contribution in [1.29, 1.82) is 0 Å². The van der Waals surface area contributed by atoms with Crippen LogP contribution >= 0.6 is 12.2 Å². The van der Waals surface area contributed by atoms with Gasteiger partial charge in [0.15, 0.2) is 4.77 Å². The SMILES string of the molecule is CCCc1n[nH]c(=S)n1CC(=O)NNC(=O)Cc1c[nH]c2ccccc12. The lowest BCUT2D eigenvalue weighted by Gasteiger charge is -2.09. The maximum Gasteiger partial charge on any atom is 0.258 e. The molecule has 8 nitrogen and oxygen atoms in total. The first kappa shape index (κ1) is 17.9. The Kier molecular flexibility index (Phi) is 5.47. The van der Waals surface area contributed by atoms with E-state index in [4.69, 9.17) is 12.2 Å². The van der Waals surface area contributed by atoms with E-state index in [0.717, 1.165) is 28.7 Å². The van der Waals surface area contributed by atoms with Crippen molar-refractivity contribution in [3.63, 3.8) is 0 Å². The van der Waals surface area contributed by atoms with Crippen LogP contribution in [0.1, 0.15) is 24.7 Å². The summed E-state index contributed by atoms with van der Waals surface area (Å²) in [6, 6.07) is 7.74. The number of H-pyrrole nitrogens is 2. The molecule has 26 heavy (non-hydrogen) atoms. The van der Waals surface area contributed by atoms with Gasteiger partial charge in [-0.15, -0.1) is 0 Å². The number of hydrogen-bond acceptors (Lipinski definition) is 4. The van der Waals surface area contributed by atoms with Crippen molar-refractivity contribution in [2.24, 2.45) is 0 Å². The molecule has 0 atom stereocenters. The van der Waals surface area contributed by atoms with E-state index in [1.807, 2.05) is 31.2 Å². The monoisotopic (exact) mass is 372 g/mol. The molecule has 0 saturated heterocycles. The summed E-state index contributed by atoms with van der Waals surface area (Å²) >= 11 is 5.14. The maximum absolute atomic E-state index is 12.1. The van der Waals surface area contributed by atoms with Crippen molar-refractivity contribution in [3.05, 3.63) is 46.6 Å². The molecule has 3 rings (SSSR count). The summed E-state index contributed by atoms with van der Waals surface area (Å²) in [6.07, 6.45) is 3.57. The summed E-state index contributed by atoms with van der Waals surface area (Å²) in [6.45, 7) is 2.02. The molecule has 4 N–H and O–H groups in total. The highest BCUT2D eigenvalue weighted by Crippen LogP contribution is 2.17. The van der Waals surface area contributed by atoms with E-state index in [0.29, 0.717) is 11.2 Å². The van der Waals surface area contributed by atoms with Gasteiger partial charge in [-0.3, -0.25) is 30.1 Å². The Morgan fingerprint density at radius 1 is 1.23 bits per heavy atom. The quantitative estimate of drug-likeness (QED) is 0.391. The lowest BCUT2D eigenvalue weighted by Crippen LogP contribution is -2.44. The van der Waals surface area contributed by atoms with Crippen molar-refractivity contribution in [2.45, 2.75) is 32.7 Å². The van der Waals surface area contributed by atoms with Crippen LogP contribution in [-0.2, 0) is 29.0 Å². The molecule has 1 aromatic carbocycles. The molecule has 136 valence electrons. The predicted octanol–water partition coefficient (Wildman–Crippen LogP) is 1.76. The largest absolute Gasteiger partial charge is 0.361 e. The summed E-state index contributed by atoms with van der Waals surface area (Å²) in [7, 11) is 0. The van der Waals surface area contributed by atoms with Gasteiger partial charge >= 0.3 is 0 Å². The number of fused-ring (bicyclic) bond motifs is 1. The molecule has 0 spiro atoms. The number of hydrogen-bond donors (Lipinski definition) is 4. The van der Waals surface area contributed by atoms with Crippen LogP contribution in [0, 0.1) is 4.77 Å². The third-order valence-electron chi connectivity index (χ3n) is 3.98. The van der Waals surface area contributed by atoms with Crippen LogP contribution < -0.4 is 10.9 Å². The van der Waals surface area contributed by atoms with Crippen LogP contribution in [0.15, 0.2) is 30.5 Å². The van der Waals surface area contributed by atoms with Gasteiger partial charge in [-0.2, -0.15) is 5.10 Å². The van der Waals surface area contributed by atoms with Crippen molar-refractivity contribution < 1.29 is 9.59 Å². The predicted molar refractivity (Wildman–Crippen MR) is 99.7 cm³/mol. The highest BCUT2D eigenvalue weighted by atomic mass is 32.1. The van der Waals surface area contributed by atoms with Crippen LogP contribution in [0.2, 0.25) is 0 Å². The molecule has 0 radical (unpaired) electrons. The highest BCUT2D eigenvalue weighted by molar-refractivity contribution is 7.71. The molecule has 0 saturated carbocycles. The fourth-order valence-corrected chi connectivity index (χ4v) is 2.96. The van der Waals surface area contributed by atoms with Crippen LogP contribution in [0.5, 0.6) is 0 Å². The first-order chi connectivity index (χ1) is 12.6. The van der Waals surface area contributed by atoms with E-state index < -0.39 is 0 Å². The van der Waals surface area contributed by atoms with Gasteiger partial charge < -0.3 is 4.98 Å². The highest BCUT2D eigenvalue weighted by Gasteiger charge is 2.12. The minimum absolute atomic E-state index is 0.00195. The Hall–Kier alpha value is -2.94. The van der Waals surface area contributed by atoms with E-state index in [-0.39, 0.29) is 24.8 Å². The van der Waals surface area contributed by atoms with E-state index in [2.05, 4.69) is 26.0 Å². The third-order valence-corrected chi connectivity index (χ3v) is 4.29. The zero-order chi connectivity index (χ0) is 18.5. The Labute approximate surface area is 155 Å². The Bertz CT molecular complexity index is 986. The Morgan fingerprint density at radius 2 is 2.00 bits per heavy atom. The summed E-state index contributed by atoms with van der Waals surface area (Å²) in [5, 5.41) is 7.78. The van der Waals surface area contributed by atoms with Gasteiger partial charge in [-0.1, -0.05) is 25.1 Å². The zero-order valence-corrected chi connectivity index (χ0v) is 15.2. The number of nitrogens with zero attached hydrogens (tertiary/aromatic N) is 2. The van der Waals surface area contributed by atoms with Gasteiger partial charge in [-0.05, 0) is 30.3 Å². The third kappa shape index (κ3) is 3.99. The van der Waals surface area contributed by atoms with E-state index >= 15 is 0 Å². The molecule has 0 aliphatic carbocycles. The second kappa shape index (κ2) is 7.96. The Morgan fingerprint density at radius 3 is 2.81 bits per heavy atom. The summed E-state index contributed by atoms with van der Waals surface area (Å²) in [4.78, 5) is 27.3. The van der Waals surface area contributed by atoms with Gasteiger partial charge in [0, 0.05) is 23.5 Å². The summed E-state index contributed by atoms with van der Waals surface area (Å²) in [5.41, 5.74) is 6.70. The number of aryl methyl sites for hydroxylation is 1. The molecule has 2 aromatic heterocycles. The molecule has 2 heterocycles. The number of amides is 2. The molecule has 0 unspecified atom stereocenters. The van der Waals surface area contributed by atoms with Gasteiger partial charge in [0.1, 0.15) is 12.4 Å². The van der Waals surface area contributed by atoms with E-state index in [1.54, 1.807) is 10.8 Å². The standard InChI is InChI=1S/C17H20N6O2S/c1-2-5-14-19-22-17(26)23(14)10-16(25)21-20-15(24)8-11-9-18-13-7-4-3-6-12(11)13/h3-4,6-7,9,18H,2,5,8,10H2,1H3,(H,20,24)(H,21,25)(H,22,26). The fraction of sp³-hybridized carbons (Fsp3) is 0.294. The van der Waals surface area contributed by atoms with Crippen LogP contribution in [-0.4, -0.2) is 31.6 Å². The van der Waals surface area contributed by atoms with Crippen LogP contribution in [0.4, 0.5) is 0 Å². The second-order valence-electron chi connectivity index (χ2n) is 5.91. The number of para-hydroxylation sites is 1. The first-order valence-corrected chi connectivity index (χ1v) is 8.76. The second-order valence-corrected chi connectivity index (χ2v) is 6.30. The number of hydrazine groups is 1. The number of nitrogens with one attached hydrogen (secondary N) is 4. The first-order valence-electron chi connectivity index (χ1n) is 8.35. The molecule has 3 aromatic rings. The minimum atomic E-state index is -0.368. The fourth-order valence-electron chi connectivity index (χ4n) is 2.75. The molecule has 0 bridgehead atoms. The zero-order valence-electron chi connectivity index (χ0n) is 14.3. The van der Waals surface area contributed by atoms with Crippen molar-refractivity contribution in [2.75, 3.05) is 0 Å². The average molecular weight is 372 g/mol. The Balaban J connectivity index is 1.55. The van der Waals surface area contributed by atoms with Gasteiger partial charge in [0.25, 0.3) is 5.91 Å². The van der Waals surface area contributed by atoms with Crippen molar-refractivity contribution in [1.82, 2.24) is 30.6 Å². The minimum Gasteiger partial charge on any atom is -0.361 e. The molecule has 0 fully saturated rings. The molecular formula is C17H20N6O2S. The van der Waals surface area contributed by atoms with Crippen LogP contribution in [0.3, 0.4) is 0 Å². The molecule has 9 heteroatoms. The summed E-state index contributed by atoms with van der Waals surface area (Å²) < 4.78 is 2.01. The van der Waals surface area contributed by atoms with E-state index in [1.165, 1.54) is 0 Å². The maximum atomic E-state index is 12.1. The number of benzene rings is 1. The lowest BCUT2D eigenvalue weighted by molar-refractivity contribution is -0.128. The molecule has 0 aliphatic heterocycles. The van der Waals surface area contributed by atoms with Crippen molar-refractivity contribution in [3.8, 4) is 0 Å². The number of aromatic amines is 2. The number of aromatic nitrogens is 4. The number of carbonyl (C=O) groups excluding carboxylic acids is 2. The van der Waals surface area contributed by atoms with Crippen molar-refractivity contribution >= 4 is 34.9 Å². The lowest BCUT2D eigenvalue weighted by atomic mass is 10.1. The molecular weight excluding hydrogens is 352 g/mol. The molecule has 0 aliphatic rings. The van der Waals surface area contributed by atoms with Crippen LogP contribution in [0.25, 0.3) is 10.9 Å².